The van der Waals surface area contributed by atoms with Crippen LogP contribution in [0.2, 0.25) is 0 Å². The van der Waals surface area contributed by atoms with Crippen molar-refractivity contribution in [3.05, 3.63) is 54.0 Å². The van der Waals surface area contributed by atoms with Gasteiger partial charge in [0.2, 0.25) is 0 Å². The van der Waals surface area contributed by atoms with Gasteiger partial charge in [-0.15, -0.1) is 0 Å². The van der Waals surface area contributed by atoms with Crippen LogP contribution in [0.1, 0.15) is 24.1 Å². The first-order chi connectivity index (χ1) is 7.77. The molecular formula is C13H15NO2. The third-order valence-corrected chi connectivity index (χ3v) is 2.60. The summed E-state index contributed by atoms with van der Waals surface area (Å²) in [5.41, 5.74) is 2.01. The zero-order chi connectivity index (χ0) is 11.4. The summed E-state index contributed by atoms with van der Waals surface area (Å²) >= 11 is 0. The van der Waals surface area contributed by atoms with Crippen LogP contribution in [0.15, 0.2) is 47.3 Å². The fourth-order valence-corrected chi connectivity index (χ4v) is 1.63. The summed E-state index contributed by atoms with van der Waals surface area (Å²) < 4.78 is 4.99. The van der Waals surface area contributed by atoms with Gasteiger partial charge in [-0.2, -0.15) is 0 Å². The smallest absolute Gasteiger partial charge is 0.120 e. The van der Waals surface area contributed by atoms with Gasteiger partial charge in [-0.3, -0.25) is 0 Å². The Kier molecular flexibility index (Phi) is 3.27. The van der Waals surface area contributed by atoms with Gasteiger partial charge >= 0.3 is 0 Å². The van der Waals surface area contributed by atoms with Gasteiger partial charge in [0, 0.05) is 23.7 Å². The average Bonchev–Trinajstić information content (AvgIpc) is 2.79. The fraction of sp³-hybridized carbons (Fsp3) is 0.231. The number of hydrogen-bond acceptors (Lipinski definition) is 3. The van der Waals surface area contributed by atoms with E-state index < -0.39 is 0 Å². The van der Waals surface area contributed by atoms with E-state index >= 15 is 0 Å². The van der Waals surface area contributed by atoms with Crippen LogP contribution in [0.25, 0.3) is 0 Å². The lowest BCUT2D eigenvalue weighted by molar-refractivity contribution is 0.452. The van der Waals surface area contributed by atoms with E-state index in [2.05, 4.69) is 5.32 Å². The van der Waals surface area contributed by atoms with E-state index in [1.165, 1.54) is 0 Å². The van der Waals surface area contributed by atoms with Crippen LogP contribution >= 0.6 is 0 Å². The molecule has 0 aliphatic rings. The van der Waals surface area contributed by atoms with Gasteiger partial charge in [-0.05, 0) is 19.1 Å². The second kappa shape index (κ2) is 4.86. The van der Waals surface area contributed by atoms with Crippen LogP contribution in [0, 0.1) is 0 Å². The van der Waals surface area contributed by atoms with E-state index in [0.717, 1.165) is 17.7 Å². The zero-order valence-electron chi connectivity index (χ0n) is 9.18. The highest BCUT2D eigenvalue weighted by atomic mass is 16.3. The molecular weight excluding hydrogens is 202 g/mol. The number of para-hydroxylation sites is 1. The summed E-state index contributed by atoms with van der Waals surface area (Å²) in [5, 5.41) is 13.0. The fourth-order valence-electron chi connectivity index (χ4n) is 1.63. The normalized spacial score (nSPS) is 12.6. The van der Waals surface area contributed by atoms with Gasteiger partial charge in [0.15, 0.2) is 0 Å². The van der Waals surface area contributed by atoms with Gasteiger partial charge in [0.25, 0.3) is 0 Å². The topological polar surface area (TPSA) is 45.4 Å². The second-order valence-corrected chi connectivity index (χ2v) is 3.79. The number of aromatic hydroxyl groups is 1. The molecule has 0 saturated carbocycles. The van der Waals surface area contributed by atoms with Crippen LogP contribution in [-0.4, -0.2) is 5.11 Å². The summed E-state index contributed by atoms with van der Waals surface area (Å²) in [6.45, 7) is 2.75. The van der Waals surface area contributed by atoms with Crippen molar-refractivity contribution in [2.75, 3.05) is 0 Å². The predicted molar refractivity (Wildman–Crippen MR) is 62.1 cm³/mol. The molecule has 0 bridgehead atoms. The number of benzene rings is 1. The van der Waals surface area contributed by atoms with Gasteiger partial charge in [0.1, 0.15) is 5.75 Å². The molecule has 0 fully saturated rings. The Labute approximate surface area is 94.7 Å². The molecule has 3 heteroatoms. The number of phenols is 1. The Morgan fingerprint density at radius 3 is 2.81 bits per heavy atom. The average molecular weight is 217 g/mol. The molecule has 2 aromatic rings. The Morgan fingerprint density at radius 1 is 1.31 bits per heavy atom. The molecule has 84 valence electrons. The van der Waals surface area contributed by atoms with Crippen molar-refractivity contribution in [2.24, 2.45) is 0 Å². The highest BCUT2D eigenvalue weighted by Gasteiger charge is 2.08. The second-order valence-electron chi connectivity index (χ2n) is 3.79. The van der Waals surface area contributed by atoms with Crippen molar-refractivity contribution in [1.29, 1.82) is 0 Å². The molecule has 1 atom stereocenters. The molecule has 0 saturated heterocycles. The number of nitrogens with one attached hydrogen (secondary N) is 1. The molecule has 0 amide bonds. The van der Waals surface area contributed by atoms with E-state index in [1.54, 1.807) is 18.6 Å². The lowest BCUT2D eigenvalue weighted by Crippen LogP contribution is -2.17. The van der Waals surface area contributed by atoms with Crippen LogP contribution < -0.4 is 5.32 Å². The van der Waals surface area contributed by atoms with Gasteiger partial charge in [0.05, 0.1) is 12.5 Å². The van der Waals surface area contributed by atoms with E-state index in [9.17, 15) is 5.11 Å². The monoisotopic (exact) mass is 217 g/mol. The molecule has 0 radical (unpaired) electrons. The summed E-state index contributed by atoms with van der Waals surface area (Å²) in [5.74, 6) is 0.328. The Hall–Kier alpha value is -1.74. The molecule has 1 aromatic carbocycles. The first-order valence-corrected chi connectivity index (χ1v) is 5.29. The van der Waals surface area contributed by atoms with Gasteiger partial charge in [-0.1, -0.05) is 18.2 Å². The molecule has 1 heterocycles. The van der Waals surface area contributed by atoms with Gasteiger partial charge < -0.3 is 14.8 Å². The molecule has 16 heavy (non-hydrogen) atoms. The van der Waals surface area contributed by atoms with Crippen LogP contribution in [0.3, 0.4) is 0 Å². The molecule has 0 aliphatic heterocycles. The van der Waals surface area contributed by atoms with E-state index in [4.69, 9.17) is 4.42 Å². The zero-order valence-corrected chi connectivity index (χ0v) is 9.18. The van der Waals surface area contributed by atoms with Crippen LogP contribution in [0.4, 0.5) is 0 Å². The molecule has 3 nitrogen and oxygen atoms in total. The quantitative estimate of drug-likeness (QED) is 0.827. The highest BCUT2D eigenvalue weighted by molar-refractivity contribution is 5.34. The van der Waals surface area contributed by atoms with E-state index in [-0.39, 0.29) is 6.04 Å². The molecule has 0 aliphatic carbocycles. The van der Waals surface area contributed by atoms with Crippen molar-refractivity contribution in [3.63, 3.8) is 0 Å². The van der Waals surface area contributed by atoms with E-state index in [1.807, 2.05) is 31.2 Å². The Balaban J connectivity index is 1.98. The summed E-state index contributed by atoms with van der Waals surface area (Å²) in [6.07, 6.45) is 3.37. The minimum absolute atomic E-state index is 0.107. The molecule has 0 spiro atoms. The Morgan fingerprint density at radius 2 is 2.12 bits per heavy atom. The maximum atomic E-state index is 9.68. The minimum Gasteiger partial charge on any atom is -0.508 e. The van der Waals surface area contributed by atoms with E-state index in [0.29, 0.717) is 5.75 Å². The maximum Gasteiger partial charge on any atom is 0.120 e. The molecule has 2 rings (SSSR count). The first kappa shape index (κ1) is 10.8. The molecule has 1 unspecified atom stereocenters. The first-order valence-electron chi connectivity index (χ1n) is 5.29. The number of phenolic OH excluding ortho intramolecular Hbond substituents is 1. The number of rotatable bonds is 4. The summed E-state index contributed by atoms with van der Waals surface area (Å²) in [6, 6.07) is 9.39. The Bertz CT molecular complexity index is 437. The highest BCUT2D eigenvalue weighted by Crippen LogP contribution is 2.23. The predicted octanol–water partition coefficient (Wildman–Crippen LogP) is 2.84. The third-order valence-electron chi connectivity index (χ3n) is 2.60. The number of furan rings is 1. The van der Waals surface area contributed by atoms with Gasteiger partial charge in [-0.25, -0.2) is 0 Å². The largest absolute Gasteiger partial charge is 0.508 e. The minimum atomic E-state index is 0.107. The third kappa shape index (κ3) is 2.44. The van der Waals surface area contributed by atoms with Crippen LogP contribution in [0.5, 0.6) is 5.75 Å². The lowest BCUT2D eigenvalue weighted by atomic mass is 10.1. The lowest BCUT2D eigenvalue weighted by Gasteiger charge is -2.14. The van der Waals surface area contributed by atoms with Crippen molar-refractivity contribution >= 4 is 0 Å². The molecule has 1 aromatic heterocycles. The van der Waals surface area contributed by atoms with Crippen LogP contribution in [-0.2, 0) is 6.54 Å². The summed E-state index contributed by atoms with van der Waals surface area (Å²) in [4.78, 5) is 0. The van der Waals surface area contributed by atoms with Crippen molar-refractivity contribution in [3.8, 4) is 5.75 Å². The maximum absolute atomic E-state index is 9.68. The van der Waals surface area contributed by atoms with Crippen molar-refractivity contribution in [1.82, 2.24) is 5.32 Å². The summed E-state index contributed by atoms with van der Waals surface area (Å²) in [7, 11) is 0. The standard InChI is InChI=1S/C13H15NO2/c1-10(12-4-2-3-5-13(12)15)14-8-11-6-7-16-9-11/h2-7,9-10,14-15H,8H2,1H3. The van der Waals surface area contributed by atoms with Crippen molar-refractivity contribution < 1.29 is 9.52 Å². The number of hydrogen-bond donors (Lipinski definition) is 2. The SMILES string of the molecule is CC(NCc1ccoc1)c1ccccc1O. The van der Waals surface area contributed by atoms with Crippen molar-refractivity contribution in [2.45, 2.75) is 19.5 Å². The molecule has 2 N–H and O–H groups in total.